The van der Waals surface area contributed by atoms with E-state index in [1.807, 2.05) is 73.8 Å². The molecule has 4 aromatic rings. The predicted molar refractivity (Wildman–Crippen MR) is 131 cm³/mol. The second kappa shape index (κ2) is 8.46. The molecular formula is C25H21N3O3S2. The summed E-state index contributed by atoms with van der Waals surface area (Å²) in [7, 11) is 0. The molecule has 1 N–H and O–H groups in total. The summed E-state index contributed by atoms with van der Waals surface area (Å²) in [6.45, 7) is 5.57. The highest BCUT2D eigenvalue weighted by molar-refractivity contribution is 7.11. The van der Waals surface area contributed by atoms with Crippen LogP contribution in [0.3, 0.4) is 0 Å². The Balaban J connectivity index is 1.67. The van der Waals surface area contributed by atoms with Crippen molar-refractivity contribution in [3.05, 3.63) is 107 Å². The van der Waals surface area contributed by atoms with Crippen LogP contribution in [0.15, 0.2) is 79.4 Å². The number of amides is 1. The highest BCUT2D eigenvalue weighted by Crippen LogP contribution is 2.32. The Morgan fingerprint density at radius 2 is 1.94 bits per heavy atom. The summed E-state index contributed by atoms with van der Waals surface area (Å²) in [5, 5.41) is 4.96. The molecule has 1 atom stereocenters. The summed E-state index contributed by atoms with van der Waals surface area (Å²) in [5.41, 5.74) is 2.42. The van der Waals surface area contributed by atoms with Crippen molar-refractivity contribution in [2.24, 2.45) is 4.99 Å². The smallest absolute Gasteiger partial charge is 0.271 e. The van der Waals surface area contributed by atoms with Crippen molar-refractivity contribution in [2.45, 2.75) is 26.8 Å². The van der Waals surface area contributed by atoms with Gasteiger partial charge in [-0.1, -0.05) is 35.6 Å². The van der Waals surface area contributed by atoms with Gasteiger partial charge < -0.3 is 9.73 Å². The molecule has 1 aliphatic rings. The number of thiazole rings is 1. The number of carbonyl (C=O) groups excluding carboxylic acids is 1. The van der Waals surface area contributed by atoms with E-state index < -0.39 is 6.04 Å². The molecule has 5 rings (SSSR count). The van der Waals surface area contributed by atoms with Gasteiger partial charge in [-0.15, -0.1) is 11.3 Å². The molecule has 0 saturated heterocycles. The van der Waals surface area contributed by atoms with Crippen molar-refractivity contribution in [3.63, 3.8) is 0 Å². The van der Waals surface area contributed by atoms with Crippen LogP contribution in [-0.2, 0) is 4.79 Å². The summed E-state index contributed by atoms with van der Waals surface area (Å²) >= 11 is 2.88. The number of aromatic nitrogens is 1. The van der Waals surface area contributed by atoms with E-state index >= 15 is 0 Å². The Hall–Kier alpha value is -3.49. The topological polar surface area (TPSA) is 76.6 Å². The summed E-state index contributed by atoms with van der Waals surface area (Å²) < 4.78 is 8.07. The van der Waals surface area contributed by atoms with Crippen LogP contribution in [0.25, 0.3) is 6.08 Å². The number of hydrogen-bond donors (Lipinski definition) is 1. The average molecular weight is 476 g/mol. The molecule has 0 bridgehead atoms. The molecule has 1 amide bonds. The number of thiophene rings is 1. The first-order chi connectivity index (χ1) is 15.9. The molecule has 0 saturated carbocycles. The molecule has 8 heteroatoms. The largest absolute Gasteiger partial charge is 0.464 e. The summed E-state index contributed by atoms with van der Waals surface area (Å²) in [4.78, 5) is 33.2. The van der Waals surface area contributed by atoms with Gasteiger partial charge in [-0.25, -0.2) is 4.99 Å². The van der Waals surface area contributed by atoms with E-state index in [-0.39, 0.29) is 11.5 Å². The third-order valence-electron chi connectivity index (χ3n) is 5.51. The van der Waals surface area contributed by atoms with Crippen LogP contribution in [0.2, 0.25) is 0 Å². The van der Waals surface area contributed by atoms with Crippen molar-refractivity contribution in [2.75, 3.05) is 5.32 Å². The number of hydrogen-bond acceptors (Lipinski definition) is 6. The van der Waals surface area contributed by atoms with Gasteiger partial charge in [0.2, 0.25) is 0 Å². The molecule has 0 fully saturated rings. The van der Waals surface area contributed by atoms with E-state index in [9.17, 15) is 9.59 Å². The number of rotatable bonds is 4. The van der Waals surface area contributed by atoms with Crippen molar-refractivity contribution in [1.82, 2.24) is 4.57 Å². The minimum absolute atomic E-state index is 0.195. The molecule has 1 aliphatic heterocycles. The number of anilines is 1. The van der Waals surface area contributed by atoms with Crippen molar-refractivity contribution < 1.29 is 9.21 Å². The first-order valence-electron chi connectivity index (χ1n) is 10.4. The third-order valence-corrected chi connectivity index (χ3v) is 7.31. The SMILES string of the molecule is CC1=C(C(=O)Nc2ccccc2C)C(c2ccc(C)o2)n2c(s/c(=C/c3cccs3)c2=O)=N1. The standard InChI is InChI=1S/C25H21N3O3S2/c1-14-7-4-5-9-18(14)27-23(29)21-16(3)26-25-28(22(21)19-11-10-15(2)31-19)24(30)20(33-25)13-17-8-6-12-32-17/h4-13,22H,1-3H3,(H,27,29)/b20-13+. The normalized spacial score (nSPS) is 16.0. The number of furan rings is 1. The van der Waals surface area contributed by atoms with Gasteiger partial charge >= 0.3 is 0 Å². The Morgan fingerprint density at radius 3 is 2.64 bits per heavy atom. The van der Waals surface area contributed by atoms with Crippen LogP contribution in [0.1, 0.15) is 34.9 Å². The van der Waals surface area contributed by atoms with Crippen molar-refractivity contribution >= 4 is 40.3 Å². The minimum Gasteiger partial charge on any atom is -0.464 e. The highest BCUT2D eigenvalue weighted by Gasteiger charge is 2.34. The zero-order valence-corrected chi connectivity index (χ0v) is 19.9. The van der Waals surface area contributed by atoms with Gasteiger partial charge in [0.25, 0.3) is 11.5 Å². The molecule has 33 heavy (non-hydrogen) atoms. The molecule has 0 aliphatic carbocycles. The van der Waals surface area contributed by atoms with Gasteiger partial charge in [-0.3, -0.25) is 14.2 Å². The molecule has 1 unspecified atom stereocenters. The lowest BCUT2D eigenvalue weighted by atomic mass is 10.00. The predicted octanol–water partition coefficient (Wildman–Crippen LogP) is 4.15. The lowest BCUT2D eigenvalue weighted by Crippen LogP contribution is -2.40. The van der Waals surface area contributed by atoms with Gasteiger partial charge in [-0.2, -0.15) is 0 Å². The lowest BCUT2D eigenvalue weighted by Gasteiger charge is -2.23. The van der Waals surface area contributed by atoms with Gasteiger partial charge in [0.15, 0.2) is 4.80 Å². The van der Waals surface area contributed by atoms with Gasteiger partial charge in [0.1, 0.15) is 17.6 Å². The molecule has 0 spiro atoms. The second-order valence-corrected chi connectivity index (χ2v) is 9.80. The van der Waals surface area contributed by atoms with Gasteiger partial charge in [0, 0.05) is 10.6 Å². The minimum atomic E-state index is -0.704. The van der Waals surface area contributed by atoms with E-state index in [0.717, 1.165) is 10.4 Å². The van der Waals surface area contributed by atoms with Crippen LogP contribution in [0.4, 0.5) is 5.69 Å². The third kappa shape index (κ3) is 3.92. The van der Waals surface area contributed by atoms with Crippen molar-refractivity contribution in [1.29, 1.82) is 0 Å². The quantitative estimate of drug-likeness (QED) is 0.482. The zero-order chi connectivity index (χ0) is 23.1. The Labute approximate surface area is 197 Å². The van der Waals surface area contributed by atoms with Gasteiger partial charge in [-0.05, 0) is 62.1 Å². The number of fused-ring (bicyclic) bond motifs is 1. The van der Waals surface area contributed by atoms with Crippen LogP contribution in [0, 0.1) is 13.8 Å². The summed E-state index contributed by atoms with van der Waals surface area (Å²) in [6.07, 6.45) is 1.87. The molecule has 1 aromatic carbocycles. The number of aryl methyl sites for hydroxylation is 2. The molecule has 166 valence electrons. The number of para-hydroxylation sites is 1. The Bertz CT molecular complexity index is 1570. The maximum absolute atomic E-state index is 13.5. The molecule has 0 radical (unpaired) electrons. The van der Waals surface area contributed by atoms with E-state index in [0.29, 0.717) is 37.8 Å². The maximum atomic E-state index is 13.5. The van der Waals surface area contributed by atoms with E-state index in [4.69, 9.17) is 4.42 Å². The monoisotopic (exact) mass is 475 g/mol. The highest BCUT2D eigenvalue weighted by atomic mass is 32.1. The van der Waals surface area contributed by atoms with Crippen LogP contribution >= 0.6 is 22.7 Å². The fourth-order valence-electron chi connectivity index (χ4n) is 3.89. The zero-order valence-electron chi connectivity index (χ0n) is 18.3. The number of nitrogens with zero attached hydrogens (tertiary/aromatic N) is 2. The second-order valence-electron chi connectivity index (χ2n) is 7.81. The van der Waals surface area contributed by atoms with E-state index in [1.165, 1.54) is 11.3 Å². The average Bonchev–Trinajstić information content (AvgIpc) is 3.51. The number of benzene rings is 1. The molecule has 6 nitrogen and oxygen atoms in total. The fraction of sp³-hybridized carbons (Fsp3) is 0.160. The van der Waals surface area contributed by atoms with Crippen molar-refractivity contribution in [3.8, 4) is 0 Å². The Morgan fingerprint density at radius 1 is 1.12 bits per heavy atom. The van der Waals surface area contributed by atoms with E-state index in [1.54, 1.807) is 22.8 Å². The Kier molecular flexibility index (Phi) is 5.47. The summed E-state index contributed by atoms with van der Waals surface area (Å²) in [5.74, 6) is 0.927. The van der Waals surface area contributed by atoms with Crippen LogP contribution in [0.5, 0.6) is 0 Å². The fourth-order valence-corrected chi connectivity index (χ4v) is 5.66. The van der Waals surface area contributed by atoms with Gasteiger partial charge in [0.05, 0.1) is 15.8 Å². The molecule has 3 aromatic heterocycles. The molecule has 4 heterocycles. The first-order valence-corrected chi connectivity index (χ1v) is 12.1. The summed E-state index contributed by atoms with van der Waals surface area (Å²) in [6, 6.07) is 14.4. The molecular weight excluding hydrogens is 454 g/mol. The lowest BCUT2D eigenvalue weighted by molar-refractivity contribution is -0.113. The van der Waals surface area contributed by atoms with Crippen LogP contribution < -0.4 is 20.2 Å². The number of allylic oxidation sites excluding steroid dienone is 1. The maximum Gasteiger partial charge on any atom is 0.271 e. The number of carbonyl (C=O) groups is 1. The van der Waals surface area contributed by atoms with Crippen LogP contribution in [-0.4, -0.2) is 10.5 Å². The first kappa shape index (κ1) is 21.4. The number of nitrogens with one attached hydrogen (secondary N) is 1. The van der Waals surface area contributed by atoms with E-state index in [2.05, 4.69) is 10.3 Å².